The number of aromatic nitrogens is 2. The summed E-state index contributed by atoms with van der Waals surface area (Å²) in [7, 11) is 0. The van der Waals surface area contributed by atoms with Gasteiger partial charge in [-0.1, -0.05) is 37.6 Å². The monoisotopic (exact) mass is 309 g/mol. The lowest BCUT2D eigenvalue weighted by Crippen LogP contribution is -2.05. The van der Waals surface area contributed by atoms with Crippen LogP contribution in [0.5, 0.6) is 0 Å². The number of nitrogens with zero attached hydrogens (tertiary/aromatic N) is 3. The summed E-state index contributed by atoms with van der Waals surface area (Å²) in [5.74, 6) is 1.08. The number of nitro groups is 1. The highest BCUT2D eigenvalue weighted by Crippen LogP contribution is 2.20. The third-order valence-electron chi connectivity index (χ3n) is 3.98. The van der Waals surface area contributed by atoms with Gasteiger partial charge in [0.05, 0.1) is 16.0 Å². The number of nitro benzene ring substituents is 1. The molecule has 2 aromatic carbocycles. The van der Waals surface area contributed by atoms with E-state index >= 15 is 0 Å². The molecular weight excluding hydrogens is 290 g/mol. The average Bonchev–Trinajstić information content (AvgIpc) is 2.91. The van der Waals surface area contributed by atoms with Crippen LogP contribution in [0.1, 0.15) is 31.2 Å². The van der Waals surface area contributed by atoms with E-state index in [1.54, 1.807) is 12.1 Å². The van der Waals surface area contributed by atoms with Gasteiger partial charge in [0.2, 0.25) is 0 Å². The highest BCUT2D eigenvalue weighted by molar-refractivity contribution is 5.76. The lowest BCUT2D eigenvalue weighted by molar-refractivity contribution is -0.384. The van der Waals surface area contributed by atoms with Gasteiger partial charge in [-0.25, -0.2) is 4.98 Å². The van der Waals surface area contributed by atoms with Gasteiger partial charge in [-0.2, -0.15) is 0 Å². The fraction of sp³-hybridized carbons (Fsp3) is 0.278. The van der Waals surface area contributed by atoms with Crippen LogP contribution < -0.4 is 0 Å². The van der Waals surface area contributed by atoms with Gasteiger partial charge in [0.15, 0.2) is 0 Å². The van der Waals surface area contributed by atoms with Crippen molar-refractivity contribution in [2.75, 3.05) is 0 Å². The maximum atomic E-state index is 10.8. The standard InChI is InChI=1S/C18H19N3O2/c1-2-3-8-18-19-16-6-4-5-7-17(16)20(18)13-14-9-11-15(12-10-14)21(22)23/h4-7,9-12H,2-3,8,13H2,1H3. The maximum absolute atomic E-state index is 10.8. The third kappa shape index (κ3) is 3.23. The molecule has 0 fully saturated rings. The number of aryl methyl sites for hydroxylation is 1. The molecule has 1 aromatic heterocycles. The summed E-state index contributed by atoms with van der Waals surface area (Å²) in [5.41, 5.74) is 3.27. The van der Waals surface area contributed by atoms with Gasteiger partial charge in [0, 0.05) is 25.1 Å². The molecule has 0 bridgehead atoms. The van der Waals surface area contributed by atoms with E-state index < -0.39 is 0 Å². The molecule has 0 saturated heterocycles. The van der Waals surface area contributed by atoms with Crippen LogP contribution >= 0.6 is 0 Å². The molecule has 3 rings (SSSR count). The van der Waals surface area contributed by atoms with Crippen LogP contribution in [-0.4, -0.2) is 14.5 Å². The molecule has 5 heteroatoms. The molecule has 1 heterocycles. The van der Waals surface area contributed by atoms with Crippen molar-refractivity contribution in [2.24, 2.45) is 0 Å². The van der Waals surface area contributed by atoms with Crippen molar-refractivity contribution in [1.29, 1.82) is 0 Å². The first-order valence-electron chi connectivity index (χ1n) is 7.86. The molecule has 23 heavy (non-hydrogen) atoms. The SMILES string of the molecule is CCCCc1nc2ccccc2n1Cc1ccc([N+](=O)[O-])cc1. The number of imidazole rings is 1. The van der Waals surface area contributed by atoms with Crippen molar-refractivity contribution < 1.29 is 4.92 Å². The molecule has 0 radical (unpaired) electrons. The number of rotatable bonds is 6. The minimum atomic E-state index is -0.372. The molecule has 0 aliphatic rings. The van der Waals surface area contributed by atoms with Crippen molar-refractivity contribution in [2.45, 2.75) is 32.7 Å². The fourth-order valence-electron chi connectivity index (χ4n) is 2.73. The Kier molecular flexibility index (Phi) is 4.37. The Hall–Kier alpha value is -2.69. The summed E-state index contributed by atoms with van der Waals surface area (Å²) in [6, 6.07) is 14.8. The fourth-order valence-corrected chi connectivity index (χ4v) is 2.73. The van der Waals surface area contributed by atoms with E-state index in [9.17, 15) is 10.1 Å². The summed E-state index contributed by atoms with van der Waals surface area (Å²) in [4.78, 5) is 15.1. The van der Waals surface area contributed by atoms with Crippen LogP contribution in [0.4, 0.5) is 5.69 Å². The molecule has 0 N–H and O–H groups in total. The van der Waals surface area contributed by atoms with Gasteiger partial charge in [0.25, 0.3) is 5.69 Å². The molecule has 3 aromatic rings. The summed E-state index contributed by atoms with van der Waals surface area (Å²) in [6.45, 7) is 2.85. The highest BCUT2D eigenvalue weighted by Gasteiger charge is 2.11. The number of non-ortho nitro benzene ring substituents is 1. The van der Waals surface area contributed by atoms with Crippen LogP contribution in [-0.2, 0) is 13.0 Å². The number of hydrogen-bond acceptors (Lipinski definition) is 3. The second kappa shape index (κ2) is 6.60. The largest absolute Gasteiger partial charge is 0.323 e. The smallest absolute Gasteiger partial charge is 0.269 e. The molecule has 0 spiro atoms. The minimum absolute atomic E-state index is 0.121. The maximum Gasteiger partial charge on any atom is 0.269 e. The Balaban J connectivity index is 1.95. The Morgan fingerprint density at radius 2 is 1.87 bits per heavy atom. The number of unbranched alkanes of at least 4 members (excludes halogenated alkanes) is 1. The van der Waals surface area contributed by atoms with Gasteiger partial charge in [-0.15, -0.1) is 0 Å². The molecule has 0 aliphatic heterocycles. The molecule has 0 saturated carbocycles. The lowest BCUT2D eigenvalue weighted by atomic mass is 10.2. The topological polar surface area (TPSA) is 61.0 Å². The van der Waals surface area contributed by atoms with Gasteiger partial charge in [-0.3, -0.25) is 10.1 Å². The molecule has 0 aliphatic carbocycles. The van der Waals surface area contributed by atoms with Crippen LogP contribution in [0.3, 0.4) is 0 Å². The predicted octanol–water partition coefficient (Wildman–Crippen LogP) is 4.34. The number of hydrogen-bond donors (Lipinski definition) is 0. The van der Waals surface area contributed by atoms with E-state index in [2.05, 4.69) is 17.6 Å². The molecule has 0 amide bonds. The highest BCUT2D eigenvalue weighted by atomic mass is 16.6. The van der Waals surface area contributed by atoms with Crippen molar-refractivity contribution in [3.8, 4) is 0 Å². The van der Waals surface area contributed by atoms with Crippen LogP contribution in [0.2, 0.25) is 0 Å². The van der Waals surface area contributed by atoms with Crippen LogP contribution in [0.15, 0.2) is 48.5 Å². The molecule has 0 unspecified atom stereocenters. The summed E-state index contributed by atoms with van der Waals surface area (Å²) < 4.78 is 2.21. The average molecular weight is 309 g/mol. The first-order valence-corrected chi connectivity index (χ1v) is 7.86. The lowest BCUT2D eigenvalue weighted by Gasteiger charge is -2.09. The quantitative estimate of drug-likeness (QED) is 0.503. The van der Waals surface area contributed by atoms with Crippen molar-refractivity contribution >= 4 is 16.7 Å². The molecular formula is C18H19N3O2. The predicted molar refractivity (Wildman–Crippen MR) is 90.5 cm³/mol. The van der Waals surface area contributed by atoms with E-state index in [0.29, 0.717) is 6.54 Å². The van der Waals surface area contributed by atoms with Gasteiger partial charge >= 0.3 is 0 Å². The molecule has 0 atom stereocenters. The van der Waals surface area contributed by atoms with E-state index in [-0.39, 0.29) is 10.6 Å². The van der Waals surface area contributed by atoms with Crippen LogP contribution in [0, 0.1) is 10.1 Å². The summed E-state index contributed by atoms with van der Waals surface area (Å²) in [5, 5.41) is 10.8. The zero-order valence-electron chi connectivity index (χ0n) is 13.1. The van der Waals surface area contributed by atoms with E-state index in [4.69, 9.17) is 4.98 Å². The molecule has 118 valence electrons. The van der Waals surface area contributed by atoms with Gasteiger partial charge in [-0.05, 0) is 24.1 Å². The first kappa shape index (κ1) is 15.2. The second-order valence-electron chi connectivity index (χ2n) is 5.63. The van der Waals surface area contributed by atoms with Gasteiger partial charge in [0.1, 0.15) is 5.82 Å². The molecule has 5 nitrogen and oxygen atoms in total. The number of para-hydroxylation sites is 2. The Labute approximate surface area is 134 Å². The van der Waals surface area contributed by atoms with E-state index in [1.165, 1.54) is 0 Å². The van der Waals surface area contributed by atoms with Crippen molar-refractivity contribution in [3.63, 3.8) is 0 Å². The minimum Gasteiger partial charge on any atom is -0.323 e. The van der Waals surface area contributed by atoms with Crippen molar-refractivity contribution in [1.82, 2.24) is 9.55 Å². The summed E-state index contributed by atoms with van der Waals surface area (Å²) in [6.07, 6.45) is 3.17. The number of benzene rings is 2. The Morgan fingerprint density at radius 3 is 2.57 bits per heavy atom. The van der Waals surface area contributed by atoms with Gasteiger partial charge < -0.3 is 4.57 Å². The Morgan fingerprint density at radius 1 is 1.13 bits per heavy atom. The van der Waals surface area contributed by atoms with Crippen molar-refractivity contribution in [3.05, 3.63) is 70.0 Å². The zero-order chi connectivity index (χ0) is 16.2. The van der Waals surface area contributed by atoms with E-state index in [0.717, 1.165) is 41.7 Å². The summed E-state index contributed by atoms with van der Waals surface area (Å²) >= 11 is 0. The Bertz CT molecular complexity index is 822. The zero-order valence-corrected chi connectivity index (χ0v) is 13.1. The first-order chi connectivity index (χ1) is 11.2. The normalized spacial score (nSPS) is 11.0. The second-order valence-corrected chi connectivity index (χ2v) is 5.63. The van der Waals surface area contributed by atoms with Crippen LogP contribution in [0.25, 0.3) is 11.0 Å². The third-order valence-corrected chi connectivity index (χ3v) is 3.98. The van der Waals surface area contributed by atoms with E-state index in [1.807, 2.05) is 30.3 Å². The number of fused-ring (bicyclic) bond motifs is 1.